The molecule has 3 unspecified atom stereocenters. The lowest BCUT2D eigenvalue weighted by atomic mass is 9.90. The Labute approximate surface area is 226 Å². The fourth-order valence-corrected chi connectivity index (χ4v) is 5.58. The van der Waals surface area contributed by atoms with Crippen LogP contribution in [0.5, 0.6) is 0 Å². The number of hydrogen-bond donors (Lipinski definition) is 1. The zero-order valence-corrected chi connectivity index (χ0v) is 22.1. The average molecular weight is 536 g/mol. The highest BCUT2D eigenvalue weighted by molar-refractivity contribution is 6.30. The van der Waals surface area contributed by atoms with Crippen molar-refractivity contribution in [2.45, 2.75) is 50.7 Å². The van der Waals surface area contributed by atoms with E-state index in [2.05, 4.69) is 6.58 Å². The summed E-state index contributed by atoms with van der Waals surface area (Å²) in [5, 5.41) is 11.9. The predicted molar refractivity (Wildman–Crippen MR) is 145 cm³/mol. The third-order valence-corrected chi connectivity index (χ3v) is 7.76. The summed E-state index contributed by atoms with van der Waals surface area (Å²) in [7, 11) is 0. The number of allylic oxidation sites excluding steroid dienone is 1. The van der Waals surface area contributed by atoms with Crippen LogP contribution < -0.4 is 0 Å². The monoisotopic (exact) mass is 535 g/mol. The predicted octanol–water partition coefficient (Wildman–Crippen LogP) is 6.55. The number of aliphatic hydroxyl groups excluding tert-OH is 1. The molecule has 1 aliphatic carbocycles. The van der Waals surface area contributed by atoms with Crippen LogP contribution >= 0.6 is 23.2 Å². The topological polar surface area (TPSA) is 66.8 Å². The molecule has 1 amide bonds. The third-order valence-electron chi connectivity index (χ3n) is 7.26. The zero-order chi connectivity index (χ0) is 26.5. The standard InChI is InChI=1S/C30H27Cl2NO4/c1-17(2)20-6-13-26-25(14-20)29(36)33(18(3)19-4-9-22(31)10-5-19)30(26,21-7-11-23(32)12-8-21)37-28-16-24(34)15-27(28)35/h4-14,18,27-28,35H,1,15-16H2,2-3H3/t18-,27?,28?,30?/m0/s1. The van der Waals surface area contributed by atoms with Crippen molar-refractivity contribution in [3.05, 3.63) is 111 Å². The maximum absolute atomic E-state index is 14.3. The van der Waals surface area contributed by atoms with Crippen LogP contribution in [-0.4, -0.2) is 33.9 Å². The van der Waals surface area contributed by atoms with Gasteiger partial charge in [0, 0.05) is 39.6 Å². The molecule has 37 heavy (non-hydrogen) atoms. The Morgan fingerprint density at radius 3 is 2.22 bits per heavy atom. The first-order valence-corrected chi connectivity index (χ1v) is 12.9. The molecule has 1 heterocycles. The van der Waals surface area contributed by atoms with Crippen LogP contribution in [0.3, 0.4) is 0 Å². The van der Waals surface area contributed by atoms with Gasteiger partial charge in [0.05, 0.1) is 18.2 Å². The summed E-state index contributed by atoms with van der Waals surface area (Å²) in [5.41, 5.74) is 2.89. The molecule has 7 heteroatoms. The molecule has 4 atom stereocenters. The number of fused-ring (bicyclic) bond motifs is 1. The van der Waals surface area contributed by atoms with Crippen LogP contribution in [0.25, 0.3) is 5.57 Å². The van der Waals surface area contributed by atoms with Gasteiger partial charge in [0.1, 0.15) is 5.78 Å². The zero-order valence-electron chi connectivity index (χ0n) is 20.6. The number of ketones is 1. The molecular formula is C30H27Cl2NO4. The van der Waals surface area contributed by atoms with Crippen molar-refractivity contribution < 1.29 is 19.4 Å². The molecule has 0 aromatic heterocycles. The second-order valence-electron chi connectivity index (χ2n) is 9.76. The Bertz CT molecular complexity index is 1390. The Hall–Kier alpha value is -2.96. The number of carbonyl (C=O) groups is 2. The van der Waals surface area contributed by atoms with Crippen LogP contribution in [0.2, 0.25) is 10.0 Å². The largest absolute Gasteiger partial charge is 0.390 e. The van der Waals surface area contributed by atoms with Crippen LogP contribution in [0.4, 0.5) is 0 Å². The molecule has 190 valence electrons. The summed E-state index contributed by atoms with van der Waals surface area (Å²) in [6.45, 7) is 7.85. The Morgan fingerprint density at radius 2 is 1.65 bits per heavy atom. The van der Waals surface area contributed by atoms with Gasteiger partial charge in [0.15, 0.2) is 5.72 Å². The maximum Gasteiger partial charge on any atom is 0.257 e. The van der Waals surface area contributed by atoms with Crippen molar-refractivity contribution in [1.29, 1.82) is 0 Å². The van der Waals surface area contributed by atoms with E-state index < -0.39 is 24.0 Å². The number of nitrogens with zero attached hydrogens (tertiary/aromatic N) is 1. The minimum absolute atomic E-state index is 0.0174. The van der Waals surface area contributed by atoms with Crippen LogP contribution in [-0.2, 0) is 15.3 Å². The lowest BCUT2D eigenvalue weighted by Crippen LogP contribution is -2.50. The lowest BCUT2D eigenvalue weighted by molar-refractivity contribution is -0.174. The SMILES string of the molecule is C=C(C)c1ccc2c(c1)C(=O)N([C@@H](C)c1ccc(Cl)cc1)C2(OC1CC(=O)CC1O)c1ccc(Cl)cc1. The van der Waals surface area contributed by atoms with Crippen LogP contribution in [0.15, 0.2) is 73.3 Å². The molecule has 2 aliphatic rings. The minimum Gasteiger partial charge on any atom is -0.390 e. The van der Waals surface area contributed by atoms with E-state index in [-0.39, 0.29) is 24.5 Å². The van der Waals surface area contributed by atoms with Gasteiger partial charge in [-0.1, -0.05) is 71.8 Å². The van der Waals surface area contributed by atoms with Gasteiger partial charge in [0.25, 0.3) is 5.91 Å². The smallest absolute Gasteiger partial charge is 0.257 e. The van der Waals surface area contributed by atoms with E-state index >= 15 is 0 Å². The Balaban J connectivity index is 1.77. The van der Waals surface area contributed by atoms with E-state index in [4.69, 9.17) is 27.9 Å². The van der Waals surface area contributed by atoms with Crippen molar-refractivity contribution >= 4 is 40.5 Å². The molecule has 1 saturated carbocycles. The first kappa shape index (κ1) is 25.7. The Morgan fingerprint density at radius 1 is 1.03 bits per heavy atom. The van der Waals surface area contributed by atoms with E-state index in [0.29, 0.717) is 26.7 Å². The summed E-state index contributed by atoms with van der Waals surface area (Å²) in [5.74, 6) is -0.308. The molecule has 3 aromatic rings. The maximum atomic E-state index is 14.3. The van der Waals surface area contributed by atoms with E-state index in [9.17, 15) is 14.7 Å². The fourth-order valence-electron chi connectivity index (χ4n) is 5.33. The first-order valence-electron chi connectivity index (χ1n) is 12.1. The number of rotatable bonds is 6. The van der Waals surface area contributed by atoms with Crippen LogP contribution in [0, 0.1) is 0 Å². The molecule has 0 bridgehead atoms. The number of hydrogen-bond acceptors (Lipinski definition) is 4. The van der Waals surface area contributed by atoms with Gasteiger partial charge in [-0.15, -0.1) is 0 Å². The first-order chi connectivity index (χ1) is 17.6. The van der Waals surface area contributed by atoms with Gasteiger partial charge in [-0.25, -0.2) is 0 Å². The lowest BCUT2D eigenvalue weighted by Gasteiger charge is -2.44. The summed E-state index contributed by atoms with van der Waals surface area (Å²) < 4.78 is 6.79. The van der Waals surface area contributed by atoms with E-state index in [1.54, 1.807) is 29.2 Å². The molecule has 3 aromatic carbocycles. The Kier molecular flexibility index (Phi) is 6.75. The third kappa shape index (κ3) is 4.40. The normalized spacial score (nSPS) is 23.9. The molecule has 5 nitrogen and oxygen atoms in total. The number of Topliss-reactive ketones (excluding diaryl/α,β-unsaturated/α-hetero) is 1. The number of ether oxygens (including phenoxy) is 1. The highest BCUT2D eigenvalue weighted by Crippen LogP contribution is 2.51. The second-order valence-corrected chi connectivity index (χ2v) is 10.6. The van der Waals surface area contributed by atoms with Crippen molar-refractivity contribution in [3.8, 4) is 0 Å². The fraction of sp³-hybridized carbons (Fsp3) is 0.267. The van der Waals surface area contributed by atoms with Gasteiger partial charge < -0.3 is 9.84 Å². The van der Waals surface area contributed by atoms with Gasteiger partial charge in [-0.05, 0) is 55.3 Å². The highest BCUT2D eigenvalue weighted by atomic mass is 35.5. The number of aliphatic hydroxyl groups is 1. The van der Waals surface area contributed by atoms with Crippen molar-refractivity contribution in [2.24, 2.45) is 0 Å². The molecule has 1 aliphatic heterocycles. The van der Waals surface area contributed by atoms with Gasteiger partial charge in [-0.2, -0.15) is 0 Å². The highest BCUT2D eigenvalue weighted by Gasteiger charge is 2.56. The van der Waals surface area contributed by atoms with Crippen molar-refractivity contribution in [2.75, 3.05) is 0 Å². The van der Waals surface area contributed by atoms with Crippen molar-refractivity contribution in [3.63, 3.8) is 0 Å². The van der Waals surface area contributed by atoms with E-state index in [1.807, 2.05) is 56.3 Å². The quantitative estimate of drug-likeness (QED) is 0.388. The molecular weight excluding hydrogens is 509 g/mol. The number of amides is 1. The van der Waals surface area contributed by atoms with Gasteiger partial charge in [0.2, 0.25) is 0 Å². The molecule has 0 saturated heterocycles. The molecule has 1 N–H and O–H groups in total. The number of halogens is 2. The number of carbonyl (C=O) groups excluding carboxylic acids is 2. The molecule has 0 radical (unpaired) electrons. The summed E-state index contributed by atoms with van der Waals surface area (Å²) in [6, 6.07) is 19.6. The average Bonchev–Trinajstić information content (AvgIpc) is 3.32. The summed E-state index contributed by atoms with van der Waals surface area (Å²) in [4.78, 5) is 28.2. The van der Waals surface area contributed by atoms with Gasteiger partial charge in [-0.3, -0.25) is 14.5 Å². The molecule has 0 spiro atoms. The number of benzene rings is 3. The van der Waals surface area contributed by atoms with Crippen LogP contribution in [0.1, 0.15) is 65.3 Å². The van der Waals surface area contributed by atoms with E-state index in [0.717, 1.165) is 16.7 Å². The molecule has 1 fully saturated rings. The molecule has 5 rings (SSSR count). The summed E-state index contributed by atoms with van der Waals surface area (Å²) >= 11 is 12.4. The van der Waals surface area contributed by atoms with E-state index in [1.165, 1.54) is 0 Å². The van der Waals surface area contributed by atoms with Crippen molar-refractivity contribution in [1.82, 2.24) is 4.90 Å². The summed E-state index contributed by atoms with van der Waals surface area (Å²) in [6.07, 6.45) is -1.68. The minimum atomic E-state index is -1.42. The second kappa shape index (κ2) is 9.73. The van der Waals surface area contributed by atoms with Gasteiger partial charge >= 0.3 is 0 Å².